The monoisotopic (exact) mass is 343 g/mol. The number of hydrogen-bond donors (Lipinski definition) is 1. The molecule has 2 aromatic carbocycles. The van der Waals surface area contributed by atoms with Gasteiger partial charge >= 0.3 is 5.97 Å². The molecular formula is C19H21NO5. The number of nitrogens with one attached hydrogen (secondary N) is 1. The second-order valence-corrected chi connectivity index (χ2v) is 5.24. The van der Waals surface area contributed by atoms with Crippen LogP contribution in [0.25, 0.3) is 0 Å². The fourth-order valence-electron chi connectivity index (χ4n) is 2.36. The lowest BCUT2D eigenvalue weighted by atomic mass is 10.1. The lowest BCUT2D eigenvalue weighted by Gasteiger charge is -2.14. The number of anilines is 1. The normalized spacial score (nSPS) is 10.1. The second-order valence-electron chi connectivity index (χ2n) is 5.24. The fourth-order valence-corrected chi connectivity index (χ4v) is 2.36. The van der Waals surface area contributed by atoms with E-state index in [4.69, 9.17) is 14.2 Å². The highest BCUT2D eigenvalue weighted by Crippen LogP contribution is 2.29. The SMILES string of the molecule is CCOC(=O)c1ccc(C)c(NC(=O)c2c(OC)cccc2OC)c1. The molecule has 0 aliphatic heterocycles. The number of rotatable bonds is 6. The van der Waals surface area contributed by atoms with E-state index in [1.54, 1.807) is 43.3 Å². The summed E-state index contributed by atoms with van der Waals surface area (Å²) in [5.74, 6) is -0.0293. The Balaban J connectivity index is 2.35. The number of carbonyl (C=O) groups excluding carboxylic acids is 2. The summed E-state index contributed by atoms with van der Waals surface area (Å²) in [4.78, 5) is 24.6. The van der Waals surface area contributed by atoms with Crippen molar-refractivity contribution in [3.05, 3.63) is 53.1 Å². The molecule has 1 amide bonds. The first-order chi connectivity index (χ1) is 12.0. The fraction of sp³-hybridized carbons (Fsp3) is 0.263. The third-order valence-electron chi connectivity index (χ3n) is 3.65. The third kappa shape index (κ3) is 4.09. The van der Waals surface area contributed by atoms with Gasteiger partial charge in [-0.2, -0.15) is 0 Å². The van der Waals surface area contributed by atoms with Gasteiger partial charge in [-0.05, 0) is 43.7 Å². The van der Waals surface area contributed by atoms with Crippen LogP contribution in [0.3, 0.4) is 0 Å². The van der Waals surface area contributed by atoms with Gasteiger partial charge in [0.15, 0.2) is 0 Å². The maximum atomic E-state index is 12.7. The topological polar surface area (TPSA) is 73.9 Å². The highest BCUT2D eigenvalue weighted by atomic mass is 16.5. The minimum Gasteiger partial charge on any atom is -0.496 e. The zero-order valence-corrected chi connectivity index (χ0v) is 14.7. The Morgan fingerprint density at radius 3 is 2.24 bits per heavy atom. The average Bonchev–Trinajstić information content (AvgIpc) is 2.62. The predicted molar refractivity (Wildman–Crippen MR) is 94.6 cm³/mol. The molecule has 0 aliphatic carbocycles. The lowest BCUT2D eigenvalue weighted by molar-refractivity contribution is 0.0526. The molecule has 0 spiro atoms. The number of ether oxygens (including phenoxy) is 3. The Hall–Kier alpha value is -3.02. The van der Waals surface area contributed by atoms with Crippen LogP contribution in [0.15, 0.2) is 36.4 Å². The van der Waals surface area contributed by atoms with E-state index >= 15 is 0 Å². The first-order valence-electron chi connectivity index (χ1n) is 7.81. The highest BCUT2D eigenvalue weighted by molar-refractivity contribution is 6.09. The van der Waals surface area contributed by atoms with E-state index in [9.17, 15) is 9.59 Å². The number of carbonyl (C=O) groups is 2. The molecule has 132 valence electrons. The van der Waals surface area contributed by atoms with Crippen LogP contribution in [-0.4, -0.2) is 32.7 Å². The van der Waals surface area contributed by atoms with Crippen molar-refractivity contribution in [2.24, 2.45) is 0 Å². The van der Waals surface area contributed by atoms with Gasteiger partial charge in [0.25, 0.3) is 5.91 Å². The van der Waals surface area contributed by atoms with Crippen molar-refractivity contribution >= 4 is 17.6 Å². The average molecular weight is 343 g/mol. The third-order valence-corrected chi connectivity index (χ3v) is 3.65. The molecular weight excluding hydrogens is 322 g/mol. The summed E-state index contributed by atoms with van der Waals surface area (Å²) in [5, 5.41) is 2.81. The zero-order chi connectivity index (χ0) is 18.4. The van der Waals surface area contributed by atoms with Gasteiger partial charge in [0.05, 0.1) is 26.4 Å². The minimum atomic E-state index is -0.437. The summed E-state index contributed by atoms with van der Waals surface area (Å²) >= 11 is 0. The maximum Gasteiger partial charge on any atom is 0.338 e. The maximum absolute atomic E-state index is 12.7. The predicted octanol–water partition coefficient (Wildman–Crippen LogP) is 3.44. The number of methoxy groups -OCH3 is 2. The van der Waals surface area contributed by atoms with Crippen molar-refractivity contribution in [3.8, 4) is 11.5 Å². The molecule has 0 aliphatic rings. The molecule has 1 N–H and O–H groups in total. The summed E-state index contributed by atoms with van der Waals surface area (Å²) in [6.07, 6.45) is 0. The standard InChI is InChI=1S/C19H21NO5/c1-5-25-19(22)13-10-9-12(2)14(11-13)20-18(21)17-15(23-3)7-6-8-16(17)24-4/h6-11H,5H2,1-4H3,(H,20,21). The van der Waals surface area contributed by atoms with Crippen molar-refractivity contribution in [1.29, 1.82) is 0 Å². The Kier molecular flexibility index (Phi) is 6.00. The van der Waals surface area contributed by atoms with E-state index in [0.717, 1.165) is 5.56 Å². The molecule has 2 aromatic rings. The Bertz CT molecular complexity index is 763. The van der Waals surface area contributed by atoms with Crippen molar-refractivity contribution < 1.29 is 23.8 Å². The van der Waals surface area contributed by atoms with Crippen LogP contribution in [0.2, 0.25) is 0 Å². The highest BCUT2D eigenvalue weighted by Gasteiger charge is 2.19. The first-order valence-corrected chi connectivity index (χ1v) is 7.81. The van der Waals surface area contributed by atoms with Gasteiger partial charge in [0.1, 0.15) is 17.1 Å². The molecule has 0 aromatic heterocycles. The number of benzene rings is 2. The van der Waals surface area contributed by atoms with Crippen LogP contribution in [0, 0.1) is 6.92 Å². The van der Waals surface area contributed by atoms with Gasteiger partial charge in [-0.3, -0.25) is 4.79 Å². The molecule has 2 rings (SSSR count). The Morgan fingerprint density at radius 1 is 1.04 bits per heavy atom. The largest absolute Gasteiger partial charge is 0.496 e. The van der Waals surface area contributed by atoms with Crippen molar-refractivity contribution in [1.82, 2.24) is 0 Å². The number of esters is 1. The molecule has 0 saturated carbocycles. The second kappa shape index (κ2) is 8.19. The van der Waals surface area contributed by atoms with Gasteiger partial charge in [-0.15, -0.1) is 0 Å². The summed E-state index contributed by atoms with van der Waals surface area (Å²) in [6, 6.07) is 10.1. The summed E-state index contributed by atoms with van der Waals surface area (Å²) < 4.78 is 15.5. The molecule has 0 bridgehead atoms. The van der Waals surface area contributed by atoms with Gasteiger partial charge in [-0.1, -0.05) is 12.1 Å². The number of aryl methyl sites for hydroxylation is 1. The Labute approximate surface area is 146 Å². The minimum absolute atomic E-state index is 0.285. The van der Waals surface area contributed by atoms with E-state index in [1.165, 1.54) is 14.2 Å². The van der Waals surface area contributed by atoms with Crippen molar-refractivity contribution in [2.75, 3.05) is 26.1 Å². The quantitative estimate of drug-likeness (QED) is 0.813. The van der Waals surface area contributed by atoms with E-state index in [1.807, 2.05) is 6.92 Å². The van der Waals surface area contributed by atoms with E-state index < -0.39 is 11.9 Å². The molecule has 0 unspecified atom stereocenters. The van der Waals surface area contributed by atoms with Crippen LogP contribution >= 0.6 is 0 Å². The number of amides is 1. The molecule has 0 radical (unpaired) electrons. The molecule has 0 saturated heterocycles. The van der Waals surface area contributed by atoms with Gasteiger partial charge in [0, 0.05) is 5.69 Å². The van der Waals surface area contributed by atoms with Crippen LogP contribution < -0.4 is 14.8 Å². The van der Waals surface area contributed by atoms with Gasteiger partial charge in [0.2, 0.25) is 0 Å². The van der Waals surface area contributed by atoms with Crippen LogP contribution in [-0.2, 0) is 4.74 Å². The summed E-state index contributed by atoms with van der Waals surface area (Å²) in [5.41, 5.74) is 1.99. The first kappa shape index (κ1) is 18.3. The van der Waals surface area contributed by atoms with E-state index in [0.29, 0.717) is 22.7 Å². The molecule has 0 fully saturated rings. The van der Waals surface area contributed by atoms with Crippen LogP contribution in [0.1, 0.15) is 33.2 Å². The summed E-state index contributed by atoms with van der Waals surface area (Å²) in [7, 11) is 2.97. The molecule has 0 atom stereocenters. The molecule has 6 nitrogen and oxygen atoms in total. The lowest BCUT2D eigenvalue weighted by Crippen LogP contribution is -2.16. The van der Waals surface area contributed by atoms with Gasteiger partial charge < -0.3 is 19.5 Å². The number of hydrogen-bond acceptors (Lipinski definition) is 5. The van der Waals surface area contributed by atoms with Crippen molar-refractivity contribution in [3.63, 3.8) is 0 Å². The molecule has 25 heavy (non-hydrogen) atoms. The molecule has 6 heteroatoms. The zero-order valence-electron chi connectivity index (χ0n) is 14.7. The smallest absolute Gasteiger partial charge is 0.338 e. The molecule has 0 heterocycles. The van der Waals surface area contributed by atoms with Crippen LogP contribution in [0.4, 0.5) is 5.69 Å². The van der Waals surface area contributed by atoms with E-state index in [-0.39, 0.29) is 12.2 Å². The van der Waals surface area contributed by atoms with Crippen molar-refractivity contribution in [2.45, 2.75) is 13.8 Å². The van der Waals surface area contributed by atoms with Crippen LogP contribution in [0.5, 0.6) is 11.5 Å². The summed E-state index contributed by atoms with van der Waals surface area (Å²) in [6.45, 7) is 3.86. The van der Waals surface area contributed by atoms with E-state index in [2.05, 4.69) is 5.32 Å². The van der Waals surface area contributed by atoms with Gasteiger partial charge in [-0.25, -0.2) is 4.79 Å². The Morgan fingerprint density at radius 2 is 1.68 bits per heavy atom.